The van der Waals surface area contributed by atoms with Crippen molar-refractivity contribution in [1.82, 2.24) is 20.3 Å². The van der Waals surface area contributed by atoms with Gasteiger partial charge in [0.05, 0.1) is 12.0 Å². The van der Waals surface area contributed by atoms with Gasteiger partial charge in [-0.3, -0.25) is 5.10 Å². The van der Waals surface area contributed by atoms with Crippen molar-refractivity contribution in [3.63, 3.8) is 0 Å². The van der Waals surface area contributed by atoms with Gasteiger partial charge in [0.15, 0.2) is 11.6 Å². The molecule has 0 aliphatic heterocycles. The molecule has 0 radical (unpaired) electrons. The molecule has 0 atom stereocenters. The van der Waals surface area contributed by atoms with E-state index in [1.165, 1.54) is 11.8 Å². The van der Waals surface area contributed by atoms with Crippen LogP contribution in [0.25, 0.3) is 11.5 Å². The number of rotatable bonds is 7. The van der Waals surface area contributed by atoms with Crippen LogP contribution in [-0.4, -0.2) is 20.3 Å². The maximum atomic E-state index is 5.84. The van der Waals surface area contributed by atoms with Crippen LogP contribution >= 0.6 is 23.4 Å². The molecule has 9 heteroatoms. The molecule has 3 heterocycles. The summed E-state index contributed by atoms with van der Waals surface area (Å²) < 4.78 is 16.2. The summed E-state index contributed by atoms with van der Waals surface area (Å²) in [4.78, 5) is 4.38. The van der Waals surface area contributed by atoms with Crippen molar-refractivity contribution in [2.45, 2.75) is 17.5 Å². The minimum atomic E-state index is 0.293. The lowest BCUT2D eigenvalue weighted by molar-refractivity contribution is 0.296. The fourth-order valence-corrected chi connectivity index (χ4v) is 2.97. The van der Waals surface area contributed by atoms with Gasteiger partial charge in [0.25, 0.3) is 0 Å². The van der Waals surface area contributed by atoms with Gasteiger partial charge in [-0.1, -0.05) is 28.5 Å². The third kappa shape index (κ3) is 4.09. The van der Waals surface area contributed by atoms with E-state index in [4.69, 9.17) is 25.3 Å². The molecule has 4 rings (SSSR count). The second kappa shape index (κ2) is 7.67. The number of ether oxygens (including phenoxy) is 1. The summed E-state index contributed by atoms with van der Waals surface area (Å²) in [6, 6.07) is 12.6. The van der Waals surface area contributed by atoms with Gasteiger partial charge in [-0.15, -0.1) is 5.10 Å². The lowest BCUT2D eigenvalue weighted by Gasteiger charge is -2.02. The van der Waals surface area contributed by atoms with E-state index in [1.54, 1.807) is 36.6 Å². The molecular weight excluding hydrogens is 376 g/mol. The second-order valence-corrected chi connectivity index (χ2v) is 6.63. The number of halogens is 1. The smallest absolute Gasteiger partial charge is 0.208 e. The largest absolute Gasteiger partial charge is 0.486 e. The molecule has 3 aromatic heterocycles. The summed E-state index contributed by atoms with van der Waals surface area (Å²) >= 11 is 7.29. The van der Waals surface area contributed by atoms with Crippen molar-refractivity contribution in [2.24, 2.45) is 0 Å². The van der Waals surface area contributed by atoms with Gasteiger partial charge in [0, 0.05) is 16.8 Å². The monoisotopic (exact) mass is 388 g/mol. The average molecular weight is 389 g/mol. The Balaban J connectivity index is 1.30. The predicted octanol–water partition coefficient (Wildman–Crippen LogP) is 4.58. The van der Waals surface area contributed by atoms with Crippen LogP contribution in [0.1, 0.15) is 11.5 Å². The molecule has 26 heavy (non-hydrogen) atoms. The molecule has 0 saturated carbocycles. The Labute approximate surface area is 157 Å². The summed E-state index contributed by atoms with van der Waals surface area (Å²) in [5.41, 5.74) is 0.783. The molecule has 0 unspecified atom stereocenters. The highest BCUT2D eigenvalue weighted by molar-refractivity contribution is 7.98. The first-order valence-corrected chi connectivity index (χ1v) is 9.04. The molecular formula is C17H13ClN4O3S. The maximum absolute atomic E-state index is 5.84. The van der Waals surface area contributed by atoms with Gasteiger partial charge in [-0.05, 0) is 36.4 Å². The van der Waals surface area contributed by atoms with Crippen molar-refractivity contribution in [2.75, 3.05) is 0 Å². The number of hydrogen-bond donors (Lipinski definition) is 1. The molecule has 0 aliphatic rings. The van der Waals surface area contributed by atoms with Gasteiger partial charge >= 0.3 is 0 Å². The average Bonchev–Trinajstić information content (AvgIpc) is 3.40. The fraction of sp³-hybridized carbons (Fsp3) is 0.118. The number of H-pyrrole nitrogens is 1. The van der Waals surface area contributed by atoms with Gasteiger partial charge in [0.2, 0.25) is 10.9 Å². The number of nitrogens with zero attached hydrogens (tertiary/aromatic N) is 3. The predicted molar refractivity (Wildman–Crippen MR) is 95.9 cm³/mol. The van der Waals surface area contributed by atoms with E-state index in [2.05, 4.69) is 20.3 Å². The number of hydrogen-bond acceptors (Lipinski definition) is 7. The maximum Gasteiger partial charge on any atom is 0.208 e. The van der Waals surface area contributed by atoms with Crippen LogP contribution in [0.4, 0.5) is 0 Å². The molecule has 0 amide bonds. The van der Waals surface area contributed by atoms with Crippen molar-refractivity contribution in [3.05, 3.63) is 65.3 Å². The van der Waals surface area contributed by atoms with Crippen molar-refractivity contribution in [3.8, 4) is 17.3 Å². The normalized spacial score (nSPS) is 11.0. The molecule has 1 N–H and O–H groups in total. The van der Waals surface area contributed by atoms with E-state index in [-0.39, 0.29) is 0 Å². The van der Waals surface area contributed by atoms with Crippen LogP contribution in [0.3, 0.4) is 0 Å². The van der Waals surface area contributed by atoms with E-state index in [0.29, 0.717) is 45.6 Å². The second-order valence-electron chi connectivity index (χ2n) is 5.26. The minimum absolute atomic E-state index is 0.293. The SMILES string of the molecule is Clc1ccc(OCc2nc(SCc3cc(-c4ccco4)on3)n[nH]2)cc1. The first-order chi connectivity index (χ1) is 12.8. The van der Waals surface area contributed by atoms with Gasteiger partial charge in [0.1, 0.15) is 12.4 Å². The lowest BCUT2D eigenvalue weighted by atomic mass is 10.3. The number of furan rings is 1. The van der Waals surface area contributed by atoms with E-state index in [0.717, 1.165) is 5.69 Å². The molecule has 0 bridgehead atoms. The molecule has 0 aliphatic carbocycles. The van der Waals surface area contributed by atoms with Gasteiger partial charge in [-0.2, -0.15) is 0 Å². The minimum Gasteiger partial charge on any atom is -0.486 e. The zero-order valence-corrected chi connectivity index (χ0v) is 15.0. The Morgan fingerprint density at radius 2 is 2.04 bits per heavy atom. The number of nitrogens with one attached hydrogen (secondary N) is 1. The number of benzene rings is 1. The number of aromatic amines is 1. The molecule has 132 valence electrons. The number of thioether (sulfide) groups is 1. The van der Waals surface area contributed by atoms with Crippen LogP contribution in [-0.2, 0) is 12.4 Å². The fourth-order valence-electron chi connectivity index (χ4n) is 2.14. The first-order valence-electron chi connectivity index (χ1n) is 7.68. The Morgan fingerprint density at radius 3 is 2.85 bits per heavy atom. The molecule has 7 nitrogen and oxygen atoms in total. The van der Waals surface area contributed by atoms with Crippen molar-refractivity contribution < 1.29 is 13.7 Å². The van der Waals surface area contributed by atoms with Gasteiger partial charge < -0.3 is 13.7 Å². The molecule has 0 spiro atoms. The molecule has 0 saturated heterocycles. The highest BCUT2D eigenvalue weighted by atomic mass is 35.5. The Hall–Kier alpha value is -2.71. The lowest BCUT2D eigenvalue weighted by Crippen LogP contribution is -1.97. The summed E-state index contributed by atoms with van der Waals surface area (Å²) in [5, 5.41) is 12.3. The van der Waals surface area contributed by atoms with Crippen LogP contribution in [0.15, 0.2) is 62.8 Å². The molecule has 0 fully saturated rings. The Kier molecular flexibility index (Phi) is 4.94. The van der Waals surface area contributed by atoms with E-state index < -0.39 is 0 Å². The summed E-state index contributed by atoms with van der Waals surface area (Å²) in [5.74, 6) is 3.18. The number of aromatic nitrogens is 4. The van der Waals surface area contributed by atoms with Crippen molar-refractivity contribution in [1.29, 1.82) is 0 Å². The highest BCUT2D eigenvalue weighted by Gasteiger charge is 2.11. The standard InChI is InChI=1S/C17H13ClN4O3S/c18-11-3-5-13(6-4-11)24-9-16-19-17(21-20-16)26-10-12-8-15(25-22-12)14-2-1-7-23-14/h1-8H,9-10H2,(H,19,20,21). The Bertz CT molecular complexity index is 966. The van der Waals surface area contributed by atoms with E-state index in [9.17, 15) is 0 Å². The first kappa shape index (κ1) is 16.7. The van der Waals surface area contributed by atoms with Crippen LogP contribution < -0.4 is 4.74 Å². The third-order valence-corrected chi connectivity index (χ3v) is 4.51. The van der Waals surface area contributed by atoms with Crippen LogP contribution in [0.5, 0.6) is 5.75 Å². The summed E-state index contributed by atoms with van der Waals surface area (Å²) in [6.07, 6.45) is 1.59. The van der Waals surface area contributed by atoms with Crippen LogP contribution in [0, 0.1) is 0 Å². The Morgan fingerprint density at radius 1 is 1.15 bits per heavy atom. The van der Waals surface area contributed by atoms with Crippen molar-refractivity contribution >= 4 is 23.4 Å². The van der Waals surface area contributed by atoms with E-state index >= 15 is 0 Å². The zero-order chi connectivity index (χ0) is 17.8. The quantitative estimate of drug-likeness (QED) is 0.463. The summed E-state index contributed by atoms with van der Waals surface area (Å²) in [6.45, 7) is 0.293. The van der Waals surface area contributed by atoms with E-state index in [1.807, 2.05) is 12.1 Å². The zero-order valence-electron chi connectivity index (χ0n) is 13.4. The third-order valence-electron chi connectivity index (χ3n) is 3.37. The highest BCUT2D eigenvalue weighted by Crippen LogP contribution is 2.24. The molecule has 1 aromatic carbocycles. The van der Waals surface area contributed by atoms with Gasteiger partial charge in [-0.25, -0.2) is 4.98 Å². The van der Waals surface area contributed by atoms with Crippen LogP contribution in [0.2, 0.25) is 5.02 Å². The topological polar surface area (TPSA) is 90.0 Å². The summed E-state index contributed by atoms with van der Waals surface area (Å²) in [7, 11) is 0. The molecule has 4 aromatic rings.